The lowest BCUT2D eigenvalue weighted by Crippen LogP contribution is -2.60. The first kappa shape index (κ1) is 21.0. The van der Waals surface area contributed by atoms with Gasteiger partial charge in [-0.3, -0.25) is 4.79 Å². The van der Waals surface area contributed by atoms with Crippen LogP contribution in [0.1, 0.15) is 0 Å². The van der Waals surface area contributed by atoms with Crippen molar-refractivity contribution in [3.05, 3.63) is 28.4 Å². The second-order valence-corrected chi connectivity index (χ2v) is 7.03. The van der Waals surface area contributed by atoms with Gasteiger partial charge in [-0.2, -0.15) is 0 Å². The number of hydrogen-bond donors (Lipinski definition) is 8. The van der Waals surface area contributed by atoms with Gasteiger partial charge in [0, 0.05) is 12.1 Å². The standard InChI is InChI=1S/C19H18O12/c20-4-11-14(25)16(27)17(28)19(30-11)31-18-8(23)3-10-12(15(18)26)13(24)5-1-6(21)7(22)2-9(5)29-10/h1-3,11,14,16-17,19-23,25-28H,4H2/t11-,14+,16-,17+,19-/m0/s1. The molecule has 1 saturated heterocycles. The molecule has 1 aliphatic rings. The van der Waals surface area contributed by atoms with E-state index in [1.54, 1.807) is 0 Å². The summed E-state index contributed by atoms with van der Waals surface area (Å²) in [7, 11) is 0. The van der Waals surface area contributed by atoms with E-state index in [0.29, 0.717) is 0 Å². The number of aromatic hydroxyl groups is 4. The molecule has 0 unspecified atom stereocenters. The molecule has 31 heavy (non-hydrogen) atoms. The summed E-state index contributed by atoms with van der Waals surface area (Å²) in [4.78, 5) is 12.8. The largest absolute Gasteiger partial charge is 0.504 e. The summed E-state index contributed by atoms with van der Waals surface area (Å²) >= 11 is 0. The van der Waals surface area contributed by atoms with Crippen LogP contribution in [0.15, 0.2) is 27.4 Å². The predicted octanol–water partition coefficient (Wildman–Crippen LogP) is -1.05. The first-order chi connectivity index (χ1) is 14.6. The molecule has 0 amide bonds. The average molecular weight is 438 g/mol. The molecule has 1 aliphatic heterocycles. The summed E-state index contributed by atoms with van der Waals surface area (Å²) < 4.78 is 15.9. The van der Waals surface area contributed by atoms with Crippen LogP contribution in [-0.4, -0.2) is 78.2 Å². The second-order valence-electron chi connectivity index (χ2n) is 7.03. The molecule has 12 nitrogen and oxygen atoms in total. The number of rotatable bonds is 3. The molecule has 0 saturated carbocycles. The third-order valence-electron chi connectivity index (χ3n) is 5.05. The van der Waals surface area contributed by atoms with Crippen molar-refractivity contribution >= 4 is 21.9 Å². The molecule has 3 aromatic rings. The number of benzene rings is 2. The smallest absolute Gasteiger partial charge is 0.229 e. The fraction of sp³-hybridized carbons (Fsp3) is 0.316. The molecule has 5 atom stereocenters. The van der Waals surface area contributed by atoms with Gasteiger partial charge < -0.3 is 54.7 Å². The first-order valence-electron chi connectivity index (χ1n) is 8.98. The van der Waals surface area contributed by atoms with Crippen LogP contribution in [0.5, 0.6) is 28.7 Å². The van der Waals surface area contributed by atoms with Crippen LogP contribution in [0.2, 0.25) is 0 Å². The molecule has 8 N–H and O–H groups in total. The number of phenolic OH excluding ortho intramolecular Hbond substituents is 4. The monoisotopic (exact) mass is 438 g/mol. The molecule has 0 radical (unpaired) electrons. The Morgan fingerprint density at radius 3 is 2.19 bits per heavy atom. The molecule has 2 aromatic carbocycles. The Morgan fingerprint density at radius 2 is 1.52 bits per heavy atom. The van der Waals surface area contributed by atoms with Crippen LogP contribution in [-0.2, 0) is 4.74 Å². The van der Waals surface area contributed by atoms with Crippen molar-refractivity contribution in [3.63, 3.8) is 0 Å². The van der Waals surface area contributed by atoms with Crippen molar-refractivity contribution in [2.24, 2.45) is 0 Å². The zero-order valence-corrected chi connectivity index (χ0v) is 15.5. The van der Waals surface area contributed by atoms with Gasteiger partial charge >= 0.3 is 0 Å². The molecule has 166 valence electrons. The fourth-order valence-electron chi connectivity index (χ4n) is 3.38. The number of hydrogen-bond acceptors (Lipinski definition) is 12. The topological polar surface area (TPSA) is 211 Å². The zero-order valence-electron chi connectivity index (χ0n) is 15.5. The quantitative estimate of drug-likeness (QED) is 0.182. The van der Waals surface area contributed by atoms with Gasteiger partial charge in [0.05, 0.1) is 12.0 Å². The molecule has 2 heterocycles. The number of aliphatic hydroxyl groups excluding tert-OH is 4. The molecule has 1 fully saturated rings. The summed E-state index contributed by atoms with van der Waals surface area (Å²) in [6.45, 7) is -0.730. The van der Waals surface area contributed by atoms with E-state index in [9.17, 15) is 45.6 Å². The molecule has 4 rings (SSSR count). The number of fused-ring (bicyclic) bond motifs is 2. The molecule has 0 aliphatic carbocycles. The highest BCUT2D eigenvalue weighted by atomic mass is 16.7. The summed E-state index contributed by atoms with van der Waals surface area (Å²) in [6.07, 6.45) is -8.30. The van der Waals surface area contributed by atoms with Crippen LogP contribution in [0.25, 0.3) is 21.9 Å². The van der Waals surface area contributed by atoms with E-state index in [-0.39, 0.29) is 16.6 Å². The van der Waals surface area contributed by atoms with E-state index < -0.39 is 76.9 Å². The maximum Gasteiger partial charge on any atom is 0.229 e. The minimum atomic E-state index is -1.83. The van der Waals surface area contributed by atoms with Gasteiger partial charge in [0.2, 0.25) is 17.5 Å². The van der Waals surface area contributed by atoms with Crippen LogP contribution < -0.4 is 10.2 Å². The van der Waals surface area contributed by atoms with Gasteiger partial charge in [-0.1, -0.05) is 0 Å². The fourth-order valence-corrected chi connectivity index (χ4v) is 3.38. The highest BCUT2D eigenvalue weighted by molar-refractivity contribution is 5.96. The normalized spacial score (nSPS) is 26.4. The van der Waals surface area contributed by atoms with Crippen molar-refractivity contribution in [3.8, 4) is 28.7 Å². The summed E-state index contributed by atoms with van der Waals surface area (Å²) in [5, 5.41) is 78.5. The highest BCUT2D eigenvalue weighted by Crippen LogP contribution is 2.43. The minimum absolute atomic E-state index is 0.130. The van der Waals surface area contributed by atoms with E-state index in [1.165, 1.54) is 0 Å². The van der Waals surface area contributed by atoms with Crippen molar-refractivity contribution in [2.75, 3.05) is 6.61 Å². The van der Waals surface area contributed by atoms with Crippen molar-refractivity contribution in [1.82, 2.24) is 0 Å². The second kappa shape index (κ2) is 7.44. The Hall–Kier alpha value is -3.29. The van der Waals surface area contributed by atoms with Gasteiger partial charge in [0.1, 0.15) is 41.0 Å². The van der Waals surface area contributed by atoms with E-state index in [4.69, 9.17) is 13.9 Å². The lowest BCUT2D eigenvalue weighted by atomic mass is 9.99. The van der Waals surface area contributed by atoms with Crippen LogP contribution in [0.4, 0.5) is 0 Å². The van der Waals surface area contributed by atoms with Gasteiger partial charge in [-0.05, 0) is 6.07 Å². The number of ether oxygens (including phenoxy) is 2. The van der Waals surface area contributed by atoms with Crippen molar-refractivity contribution < 1.29 is 54.7 Å². The van der Waals surface area contributed by atoms with Crippen LogP contribution in [0, 0.1) is 0 Å². The summed E-state index contributed by atoms with van der Waals surface area (Å²) in [5.41, 5.74) is -1.24. The molecule has 12 heteroatoms. The Kier molecular flexibility index (Phi) is 5.03. The van der Waals surface area contributed by atoms with Crippen molar-refractivity contribution in [2.45, 2.75) is 30.7 Å². The molecular formula is C19H18O12. The Balaban J connectivity index is 1.84. The third-order valence-corrected chi connectivity index (χ3v) is 5.05. The van der Waals surface area contributed by atoms with Gasteiger partial charge in [0.25, 0.3) is 0 Å². The first-order valence-corrected chi connectivity index (χ1v) is 8.98. The van der Waals surface area contributed by atoms with Gasteiger partial charge in [0.15, 0.2) is 23.0 Å². The highest BCUT2D eigenvalue weighted by Gasteiger charge is 2.45. The molecule has 0 bridgehead atoms. The molecular weight excluding hydrogens is 420 g/mol. The Bertz CT molecular complexity index is 1220. The van der Waals surface area contributed by atoms with Gasteiger partial charge in [-0.25, -0.2) is 0 Å². The average Bonchev–Trinajstić information content (AvgIpc) is 2.72. The number of aliphatic hydroxyl groups is 4. The maximum atomic E-state index is 12.8. The summed E-state index contributed by atoms with van der Waals surface area (Å²) in [6, 6.07) is 2.84. The van der Waals surface area contributed by atoms with Crippen molar-refractivity contribution in [1.29, 1.82) is 0 Å². The van der Waals surface area contributed by atoms with E-state index in [1.807, 2.05) is 0 Å². The number of phenols is 4. The van der Waals surface area contributed by atoms with E-state index in [0.717, 1.165) is 18.2 Å². The minimum Gasteiger partial charge on any atom is -0.504 e. The van der Waals surface area contributed by atoms with E-state index in [2.05, 4.69) is 0 Å². The lowest BCUT2D eigenvalue weighted by Gasteiger charge is -2.39. The molecule has 0 spiro atoms. The van der Waals surface area contributed by atoms with Gasteiger partial charge in [-0.15, -0.1) is 0 Å². The summed E-state index contributed by atoms with van der Waals surface area (Å²) in [5.74, 6) is -3.48. The van der Waals surface area contributed by atoms with Crippen LogP contribution >= 0.6 is 0 Å². The van der Waals surface area contributed by atoms with Crippen LogP contribution in [0.3, 0.4) is 0 Å². The molecule has 1 aromatic heterocycles. The van der Waals surface area contributed by atoms with E-state index >= 15 is 0 Å². The maximum absolute atomic E-state index is 12.8. The third kappa shape index (κ3) is 3.26. The lowest BCUT2D eigenvalue weighted by molar-refractivity contribution is -0.277. The zero-order chi connectivity index (χ0) is 22.6. The SMILES string of the molecule is O=c1c2cc(O)c(O)cc2oc2cc(O)c(O[C@@H]3O[C@@H](CO)[C@@H](O)[C@H](O)[C@H]3O)c(O)c12. The Labute approximate surface area is 172 Å². The Morgan fingerprint density at radius 1 is 0.871 bits per heavy atom. The predicted molar refractivity (Wildman–Crippen MR) is 101 cm³/mol.